The number of hydrogen-bond acceptors (Lipinski definition) is 7. The van der Waals surface area contributed by atoms with Gasteiger partial charge in [-0.1, -0.05) is 68.1 Å². The number of carbonyl (C=O) groups is 1. The fourth-order valence-electron chi connectivity index (χ4n) is 3.67. The van der Waals surface area contributed by atoms with Gasteiger partial charge in [-0.3, -0.25) is 20.2 Å². The summed E-state index contributed by atoms with van der Waals surface area (Å²) < 4.78 is 40.9. The Kier molecular flexibility index (Phi) is 12.8. The summed E-state index contributed by atoms with van der Waals surface area (Å²) in [5.74, 6) is 6.08. The van der Waals surface area contributed by atoms with Crippen LogP contribution in [0, 0.1) is 19.8 Å². The van der Waals surface area contributed by atoms with Gasteiger partial charge >= 0.3 is 6.36 Å². The van der Waals surface area contributed by atoms with Crippen molar-refractivity contribution in [3.63, 3.8) is 0 Å². The highest BCUT2D eigenvalue weighted by molar-refractivity contribution is 8.14. The number of alkyl halides is 3. The number of hydrogen-bond donors (Lipinski definition) is 3. The van der Waals surface area contributed by atoms with E-state index in [0.717, 1.165) is 27.9 Å². The van der Waals surface area contributed by atoms with Crippen LogP contribution in [0.25, 0.3) is 0 Å². The highest BCUT2D eigenvalue weighted by Gasteiger charge is 2.31. The minimum absolute atomic E-state index is 0.0758. The summed E-state index contributed by atoms with van der Waals surface area (Å²) >= 11 is 1.28. The lowest BCUT2D eigenvalue weighted by Gasteiger charge is -2.14. The first kappa shape index (κ1) is 34.1. The van der Waals surface area contributed by atoms with E-state index in [0.29, 0.717) is 29.9 Å². The van der Waals surface area contributed by atoms with Crippen molar-refractivity contribution in [2.45, 2.75) is 40.6 Å². The number of anilines is 1. The normalized spacial score (nSPS) is 12.2. The molecule has 0 radical (unpaired) electrons. The average molecular weight is 628 g/mol. The lowest BCUT2D eigenvalue weighted by Crippen LogP contribution is -2.30. The number of nitrogens with two attached hydrogens (primary N) is 1. The number of halogens is 3. The van der Waals surface area contributed by atoms with E-state index in [4.69, 9.17) is 10.8 Å². The smallest absolute Gasteiger partial charge is 0.406 e. The molecular weight excluding hydrogens is 591 g/mol. The number of thioether (sulfide) groups is 1. The maximum atomic E-state index is 12.3. The summed E-state index contributed by atoms with van der Waals surface area (Å²) in [6.07, 6.45) is -1.72. The number of nitrogens with zero attached hydrogens (tertiary/aromatic N) is 4. The fraction of sp³-hybridized carbons (Fsp3) is 0.290. The molecule has 0 saturated heterocycles. The van der Waals surface area contributed by atoms with Crippen LogP contribution in [0.4, 0.5) is 24.5 Å². The number of nitrogens with one attached hydrogen (secondary N) is 2. The van der Waals surface area contributed by atoms with Crippen molar-refractivity contribution in [1.82, 2.24) is 10.7 Å². The molecule has 0 bridgehead atoms. The van der Waals surface area contributed by atoms with E-state index in [1.807, 2.05) is 70.2 Å². The maximum Gasteiger partial charge on any atom is 0.573 e. The van der Waals surface area contributed by atoms with E-state index in [-0.39, 0.29) is 17.4 Å². The molecular formula is C31H36F3N7O2S. The van der Waals surface area contributed by atoms with Crippen molar-refractivity contribution in [3.8, 4) is 5.75 Å². The number of hydrazone groups is 1. The van der Waals surface area contributed by atoms with Crippen molar-refractivity contribution in [2.75, 3.05) is 17.3 Å². The summed E-state index contributed by atoms with van der Waals surface area (Å²) in [6, 6.07) is 18.6. The summed E-state index contributed by atoms with van der Waals surface area (Å²) in [5, 5.41) is 8.95. The van der Waals surface area contributed by atoms with Crippen molar-refractivity contribution < 1.29 is 22.7 Å². The molecule has 0 aliphatic rings. The second-order valence-corrected chi connectivity index (χ2v) is 11.1. The molecule has 44 heavy (non-hydrogen) atoms. The van der Waals surface area contributed by atoms with E-state index in [9.17, 15) is 18.0 Å². The SMILES string of the molecule is Cc1cccc(C)c1/N=C(/N/N=C/c1ccc(C/N=C\N(N)c2ccc(OC(F)(F)F)cc2)cc1)SCC(=O)NCC(C)C. The van der Waals surface area contributed by atoms with E-state index in [2.05, 4.69) is 25.6 Å². The van der Waals surface area contributed by atoms with E-state index >= 15 is 0 Å². The third kappa shape index (κ3) is 12.1. The number of carbonyl (C=O) groups excluding carboxylic acids is 1. The van der Waals surface area contributed by atoms with Crippen LogP contribution in [0.3, 0.4) is 0 Å². The molecule has 0 aliphatic carbocycles. The maximum absolute atomic E-state index is 12.3. The molecule has 3 rings (SSSR count). The van der Waals surface area contributed by atoms with Gasteiger partial charge in [0.15, 0.2) is 5.17 Å². The van der Waals surface area contributed by atoms with Crippen molar-refractivity contribution in [1.29, 1.82) is 0 Å². The molecule has 0 spiro atoms. The van der Waals surface area contributed by atoms with E-state index in [1.54, 1.807) is 6.21 Å². The van der Waals surface area contributed by atoms with Gasteiger partial charge in [-0.15, -0.1) is 13.2 Å². The number of hydrazine groups is 1. The largest absolute Gasteiger partial charge is 0.573 e. The number of aliphatic imine (C=N–C) groups is 2. The molecule has 0 aliphatic heterocycles. The molecule has 3 aromatic carbocycles. The Morgan fingerprint density at radius 1 is 1.05 bits per heavy atom. The quantitative estimate of drug-likeness (QED) is 0.0950. The number of para-hydroxylation sites is 1. The van der Waals surface area contributed by atoms with Crippen LogP contribution in [0.5, 0.6) is 5.75 Å². The predicted octanol–water partition coefficient (Wildman–Crippen LogP) is 6.23. The summed E-state index contributed by atoms with van der Waals surface area (Å²) in [4.78, 5) is 21.3. The third-order valence-electron chi connectivity index (χ3n) is 5.90. The predicted molar refractivity (Wildman–Crippen MR) is 172 cm³/mol. The number of rotatable bonds is 12. The van der Waals surface area contributed by atoms with Gasteiger partial charge < -0.3 is 10.1 Å². The van der Waals surface area contributed by atoms with Gasteiger partial charge in [0.1, 0.15) is 12.1 Å². The van der Waals surface area contributed by atoms with Crippen molar-refractivity contribution in [2.24, 2.45) is 26.8 Å². The minimum atomic E-state index is -4.76. The lowest BCUT2D eigenvalue weighted by molar-refractivity contribution is -0.274. The van der Waals surface area contributed by atoms with Crippen LogP contribution >= 0.6 is 11.8 Å². The number of benzene rings is 3. The van der Waals surface area contributed by atoms with Gasteiger partial charge in [0.2, 0.25) is 5.91 Å². The lowest BCUT2D eigenvalue weighted by atomic mass is 10.1. The standard InChI is InChI=1S/C31H36F3N7O2S/c1-21(2)16-37-28(42)19-44-30(39-29-22(3)6-5-7-23(29)4)40-38-18-25-10-8-24(9-11-25)17-36-20-41(35)26-12-14-27(15-13-26)43-31(32,33)34/h5-15,18,20-21H,16-17,19,35H2,1-4H3,(H,37,42)(H,39,40)/b36-20-,38-18+. The molecule has 3 aromatic rings. The number of aryl methyl sites for hydroxylation is 2. The van der Waals surface area contributed by atoms with Gasteiger partial charge in [0, 0.05) is 6.54 Å². The second-order valence-electron chi connectivity index (χ2n) is 10.2. The first-order valence-electron chi connectivity index (χ1n) is 13.7. The molecule has 0 fully saturated rings. The molecule has 0 heterocycles. The van der Waals surface area contributed by atoms with Crippen LogP contribution in [-0.2, 0) is 11.3 Å². The van der Waals surface area contributed by atoms with Crippen LogP contribution in [-0.4, -0.2) is 42.3 Å². The van der Waals surface area contributed by atoms with Crippen molar-refractivity contribution >= 4 is 46.8 Å². The summed E-state index contributed by atoms with van der Waals surface area (Å²) in [7, 11) is 0. The van der Waals surface area contributed by atoms with Gasteiger partial charge in [-0.25, -0.2) is 10.8 Å². The topological polar surface area (TPSA) is 117 Å². The van der Waals surface area contributed by atoms with Gasteiger partial charge in [0.25, 0.3) is 0 Å². The third-order valence-corrected chi connectivity index (χ3v) is 6.76. The van der Waals surface area contributed by atoms with Gasteiger partial charge in [0.05, 0.1) is 29.9 Å². The molecule has 13 heteroatoms. The number of amidine groups is 1. The Hall–Kier alpha value is -4.36. The Bertz CT molecular complexity index is 1440. The molecule has 0 aromatic heterocycles. The molecule has 1 amide bonds. The Balaban J connectivity index is 1.58. The molecule has 9 nitrogen and oxygen atoms in total. The number of ether oxygens (including phenoxy) is 1. The average Bonchev–Trinajstić information content (AvgIpc) is 2.96. The number of amides is 1. The molecule has 4 N–H and O–H groups in total. The Labute approximate surface area is 259 Å². The van der Waals surface area contributed by atoms with Crippen LogP contribution in [0.1, 0.15) is 36.1 Å². The van der Waals surface area contributed by atoms with Crippen LogP contribution < -0.4 is 26.3 Å². The zero-order valence-electron chi connectivity index (χ0n) is 24.9. The molecule has 0 atom stereocenters. The van der Waals surface area contributed by atoms with Crippen LogP contribution in [0.2, 0.25) is 0 Å². The first-order valence-corrected chi connectivity index (χ1v) is 14.7. The van der Waals surface area contributed by atoms with Gasteiger partial charge in [-0.2, -0.15) is 5.10 Å². The highest BCUT2D eigenvalue weighted by Crippen LogP contribution is 2.25. The summed E-state index contributed by atoms with van der Waals surface area (Å²) in [6.45, 7) is 8.99. The van der Waals surface area contributed by atoms with E-state index in [1.165, 1.54) is 47.4 Å². The molecule has 234 valence electrons. The zero-order chi connectivity index (χ0) is 32.1. The monoisotopic (exact) mass is 627 g/mol. The Morgan fingerprint density at radius 2 is 1.70 bits per heavy atom. The molecule has 0 unspecified atom stereocenters. The van der Waals surface area contributed by atoms with E-state index < -0.39 is 6.36 Å². The fourth-order valence-corrected chi connectivity index (χ4v) is 4.31. The second kappa shape index (κ2) is 16.5. The molecule has 0 saturated carbocycles. The van der Waals surface area contributed by atoms with Crippen molar-refractivity contribution in [3.05, 3.63) is 89.0 Å². The summed E-state index contributed by atoms with van der Waals surface area (Å²) in [5.41, 5.74) is 8.02. The first-order chi connectivity index (χ1) is 20.9. The van der Waals surface area contributed by atoms with Crippen LogP contribution in [0.15, 0.2) is 81.8 Å². The van der Waals surface area contributed by atoms with Gasteiger partial charge in [-0.05, 0) is 66.3 Å². The zero-order valence-corrected chi connectivity index (χ0v) is 25.7. The highest BCUT2D eigenvalue weighted by atomic mass is 32.2. The Morgan fingerprint density at radius 3 is 2.32 bits per heavy atom. The minimum Gasteiger partial charge on any atom is -0.406 e.